The number of amidine groups is 1. The van der Waals surface area contributed by atoms with E-state index < -0.39 is 17.0 Å². The highest BCUT2D eigenvalue weighted by atomic mass is 32.2. The summed E-state index contributed by atoms with van der Waals surface area (Å²) in [6.45, 7) is 5.76. The van der Waals surface area contributed by atoms with Crippen molar-refractivity contribution in [3.05, 3.63) is 76.5 Å². The van der Waals surface area contributed by atoms with Crippen LogP contribution < -0.4 is 10.9 Å². The second-order valence-corrected chi connectivity index (χ2v) is 10.2. The molecule has 2 amide bonds. The summed E-state index contributed by atoms with van der Waals surface area (Å²) in [6.07, 6.45) is 1.45. The van der Waals surface area contributed by atoms with E-state index in [1.807, 2.05) is 44.2 Å². The molecule has 2 aromatic carbocycles. The van der Waals surface area contributed by atoms with Crippen LogP contribution >= 0.6 is 11.8 Å². The molecule has 2 heterocycles. The molecule has 0 saturated carbocycles. The Labute approximate surface area is 219 Å². The van der Waals surface area contributed by atoms with Gasteiger partial charge in [-0.15, -0.1) is 0 Å². The standard InChI is InChI=1S/C27H30FN5O3S/c1-5-11-17(2)32-25(35)22(16-23(34)29-21-15-10-9-14-20(21)28)37-27(32)30-24-18(3)31(4)33(26(24)36)19-12-7-6-8-13-19/h6-10,12-15,17,22H,5,11,16H2,1-4H3,(H,29,34)/t17-,22-/m0/s1. The van der Waals surface area contributed by atoms with Gasteiger partial charge in [0.25, 0.3) is 5.56 Å². The molecule has 0 bridgehead atoms. The van der Waals surface area contributed by atoms with Crippen molar-refractivity contribution < 1.29 is 14.0 Å². The molecule has 0 unspecified atom stereocenters. The number of nitrogens with zero attached hydrogens (tertiary/aromatic N) is 4. The van der Waals surface area contributed by atoms with Crippen LogP contribution in [-0.4, -0.2) is 42.5 Å². The zero-order valence-corrected chi connectivity index (χ0v) is 22.1. The number of anilines is 1. The van der Waals surface area contributed by atoms with Gasteiger partial charge in [-0.1, -0.05) is 55.4 Å². The SMILES string of the molecule is CCC[C@H](C)N1C(=O)[C@H](CC(=O)Nc2ccccc2F)SC1=Nc1c(C)n(C)n(-c2ccccc2)c1=O. The van der Waals surface area contributed by atoms with Crippen LogP contribution in [0.1, 0.15) is 38.8 Å². The molecule has 2 atom stereocenters. The van der Waals surface area contributed by atoms with E-state index in [4.69, 9.17) is 4.99 Å². The summed E-state index contributed by atoms with van der Waals surface area (Å²) in [5.74, 6) is -1.26. The molecule has 0 spiro atoms. The average Bonchev–Trinajstić information content (AvgIpc) is 3.28. The number of aliphatic imine (C=N–C) groups is 1. The summed E-state index contributed by atoms with van der Waals surface area (Å²) in [5.41, 5.74) is 1.37. The Morgan fingerprint density at radius 2 is 1.81 bits per heavy atom. The molecule has 37 heavy (non-hydrogen) atoms. The second kappa shape index (κ2) is 11.2. The van der Waals surface area contributed by atoms with Crippen LogP contribution in [0.25, 0.3) is 5.69 Å². The highest BCUT2D eigenvalue weighted by Gasteiger charge is 2.41. The molecule has 0 radical (unpaired) electrons. The van der Waals surface area contributed by atoms with Gasteiger partial charge in [-0.2, -0.15) is 0 Å². The van der Waals surface area contributed by atoms with Crippen LogP contribution in [0.5, 0.6) is 0 Å². The summed E-state index contributed by atoms with van der Waals surface area (Å²) < 4.78 is 17.3. The topological polar surface area (TPSA) is 88.7 Å². The maximum atomic E-state index is 14.0. The lowest BCUT2D eigenvalue weighted by Gasteiger charge is -2.24. The van der Waals surface area contributed by atoms with E-state index in [2.05, 4.69) is 5.32 Å². The molecule has 1 aliphatic heterocycles. The van der Waals surface area contributed by atoms with Crippen molar-refractivity contribution in [2.24, 2.45) is 12.0 Å². The number of carbonyl (C=O) groups is 2. The first-order valence-corrected chi connectivity index (χ1v) is 13.1. The van der Waals surface area contributed by atoms with Crippen LogP contribution in [0.4, 0.5) is 15.8 Å². The number of para-hydroxylation sites is 2. The zero-order chi connectivity index (χ0) is 26.7. The summed E-state index contributed by atoms with van der Waals surface area (Å²) in [4.78, 5) is 45.8. The molecular weight excluding hydrogens is 493 g/mol. The van der Waals surface area contributed by atoms with E-state index in [1.54, 1.807) is 29.6 Å². The average molecular weight is 524 g/mol. The van der Waals surface area contributed by atoms with Crippen LogP contribution in [0.2, 0.25) is 0 Å². The monoisotopic (exact) mass is 523 g/mol. The molecule has 3 aromatic rings. The number of thioether (sulfide) groups is 1. The van der Waals surface area contributed by atoms with Gasteiger partial charge in [0, 0.05) is 19.5 Å². The summed E-state index contributed by atoms with van der Waals surface area (Å²) in [6, 6.07) is 15.0. The van der Waals surface area contributed by atoms with Crippen LogP contribution in [0, 0.1) is 12.7 Å². The summed E-state index contributed by atoms with van der Waals surface area (Å²) >= 11 is 1.16. The van der Waals surface area contributed by atoms with Gasteiger partial charge < -0.3 is 5.32 Å². The molecule has 1 saturated heterocycles. The summed E-state index contributed by atoms with van der Waals surface area (Å²) in [5, 5.41) is 2.20. The molecule has 1 fully saturated rings. The van der Waals surface area contributed by atoms with Gasteiger partial charge in [0.05, 0.1) is 17.1 Å². The van der Waals surface area contributed by atoms with Crippen LogP contribution in [-0.2, 0) is 16.6 Å². The fraction of sp³-hybridized carbons (Fsp3) is 0.333. The van der Waals surface area contributed by atoms with E-state index in [1.165, 1.54) is 22.9 Å². The molecule has 1 aliphatic rings. The van der Waals surface area contributed by atoms with Crippen molar-refractivity contribution in [3.63, 3.8) is 0 Å². The molecule has 1 N–H and O–H groups in total. The minimum absolute atomic E-state index is 0.0643. The van der Waals surface area contributed by atoms with Gasteiger partial charge in [0.2, 0.25) is 11.8 Å². The van der Waals surface area contributed by atoms with Crippen molar-refractivity contribution in [1.82, 2.24) is 14.3 Å². The van der Waals surface area contributed by atoms with Gasteiger partial charge in [0.1, 0.15) is 11.1 Å². The first kappa shape index (κ1) is 26.4. The first-order chi connectivity index (χ1) is 17.7. The lowest BCUT2D eigenvalue weighted by molar-refractivity contribution is -0.129. The van der Waals surface area contributed by atoms with Crippen molar-refractivity contribution in [1.29, 1.82) is 0 Å². The fourth-order valence-corrected chi connectivity index (χ4v) is 5.59. The Morgan fingerprint density at radius 1 is 1.14 bits per heavy atom. The van der Waals surface area contributed by atoms with E-state index in [0.717, 1.165) is 24.6 Å². The number of hydrogen-bond acceptors (Lipinski definition) is 5. The normalized spacial score (nSPS) is 17.4. The number of amides is 2. The molecule has 10 heteroatoms. The van der Waals surface area contributed by atoms with Gasteiger partial charge in [-0.05, 0) is 44.5 Å². The Hall–Kier alpha value is -3.66. The van der Waals surface area contributed by atoms with Crippen molar-refractivity contribution in [2.45, 2.75) is 51.3 Å². The number of halogens is 1. The predicted octanol–water partition coefficient (Wildman–Crippen LogP) is 4.77. The maximum absolute atomic E-state index is 14.0. The lowest BCUT2D eigenvalue weighted by atomic mass is 10.1. The van der Waals surface area contributed by atoms with E-state index in [0.29, 0.717) is 16.5 Å². The van der Waals surface area contributed by atoms with Crippen LogP contribution in [0.3, 0.4) is 0 Å². The Balaban J connectivity index is 1.66. The number of nitrogens with one attached hydrogen (secondary N) is 1. The largest absolute Gasteiger partial charge is 0.324 e. The lowest BCUT2D eigenvalue weighted by Crippen LogP contribution is -2.40. The predicted molar refractivity (Wildman–Crippen MR) is 145 cm³/mol. The zero-order valence-electron chi connectivity index (χ0n) is 21.3. The number of carbonyl (C=O) groups excluding carboxylic acids is 2. The van der Waals surface area contributed by atoms with E-state index in [9.17, 15) is 18.8 Å². The van der Waals surface area contributed by atoms with Crippen molar-refractivity contribution in [2.75, 3.05) is 5.32 Å². The van der Waals surface area contributed by atoms with Crippen molar-refractivity contribution in [3.8, 4) is 5.69 Å². The third-order valence-corrected chi connectivity index (χ3v) is 7.52. The first-order valence-electron chi connectivity index (χ1n) is 12.2. The van der Waals surface area contributed by atoms with Gasteiger partial charge in [0.15, 0.2) is 10.9 Å². The van der Waals surface area contributed by atoms with Gasteiger partial charge in [-0.3, -0.25) is 24.0 Å². The number of aromatic nitrogens is 2. The molecular formula is C27H30FN5O3S. The molecule has 194 valence electrons. The minimum atomic E-state index is -0.731. The smallest absolute Gasteiger partial charge is 0.297 e. The van der Waals surface area contributed by atoms with Crippen LogP contribution in [0.15, 0.2) is 64.4 Å². The fourth-order valence-electron chi connectivity index (χ4n) is 4.36. The highest BCUT2D eigenvalue weighted by molar-refractivity contribution is 8.15. The number of benzene rings is 2. The van der Waals surface area contributed by atoms with E-state index >= 15 is 0 Å². The molecule has 8 nitrogen and oxygen atoms in total. The second-order valence-electron chi connectivity index (χ2n) is 8.99. The highest BCUT2D eigenvalue weighted by Crippen LogP contribution is 2.34. The molecule has 4 rings (SSSR count). The summed E-state index contributed by atoms with van der Waals surface area (Å²) in [7, 11) is 1.79. The Bertz CT molecular complexity index is 1400. The molecule has 1 aromatic heterocycles. The van der Waals surface area contributed by atoms with Gasteiger partial charge in [-0.25, -0.2) is 14.1 Å². The minimum Gasteiger partial charge on any atom is -0.324 e. The Kier molecular flexibility index (Phi) is 7.97. The Morgan fingerprint density at radius 3 is 2.49 bits per heavy atom. The van der Waals surface area contributed by atoms with Crippen molar-refractivity contribution >= 4 is 40.1 Å². The molecule has 0 aliphatic carbocycles. The quantitative estimate of drug-likeness (QED) is 0.461. The number of rotatable bonds is 8. The van der Waals surface area contributed by atoms with E-state index in [-0.39, 0.29) is 35.3 Å². The number of hydrogen-bond donors (Lipinski definition) is 1. The third kappa shape index (κ3) is 5.39. The van der Waals surface area contributed by atoms with Gasteiger partial charge >= 0.3 is 0 Å². The third-order valence-electron chi connectivity index (χ3n) is 6.36. The maximum Gasteiger partial charge on any atom is 0.297 e.